The molecular weight excluding hydrogens is 372 g/mol. The van der Waals surface area contributed by atoms with Crippen LogP contribution in [0.5, 0.6) is 0 Å². The van der Waals surface area contributed by atoms with E-state index < -0.39 is 5.41 Å². The van der Waals surface area contributed by atoms with Gasteiger partial charge in [-0.25, -0.2) is 0 Å². The van der Waals surface area contributed by atoms with Crippen molar-refractivity contribution in [2.75, 3.05) is 13.1 Å². The van der Waals surface area contributed by atoms with Gasteiger partial charge in [0, 0.05) is 25.0 Å². The summed E-state index contributed by atoms with van der Waals surface area (Å²) in [5.41, 5.74) is 2.96. The summed E-state index contributed by atoms with van der Waals surface area (Å²) in [7, 11) is 0. The van der Waals surface area contributed by atoms with Crippen molar-refractivity contribution < 1.29 is 9.59 Å². The minimum atomic E-state index is -0.544. The molecule has 4 nitrogen and oxygen atoms in total. The lowest BCUT2D eigenvalue weighted by Gasteiger charge is -2.32. The number of nitrogens with zero attached hydrogens (tertiary/aromatic N) is 1. The molecule has 1 unspecified atom stereocenters. The lowest BCUT2D eigenvalue weighted by Crippen LogP contribution is -2.48. The maximum atomic E-state index is 13.2. The molecule has 0 radical (unpaired) electrons. The van der Waals surface area contributed by atoms with Gasteiger partial charge in [-0.1, -0.05) is 61.0 Å². The summed E-state index contributed by atoms with van der Waals surface area (Å²) in [6.45, 7) is 5.20. The number of likely N-dealkylation sites (tertiary alicyclic amines) is 1. The third-order valence-corrected chi connectivity index (χ3v) is 6.62. The van der Waals surface area contributed by atoms with E-state index in [0.29, 0.717) is 19.5 Å². The number of benzene rings is 2. The molecule has 0 spiro atoms. The van der Waals surface area contributed by atoms with Crippen molar-refractivity contribution >= 4 is 11.8 Å². The molecule has 30 heavy (non-hydrogen) atoms. The standard InChI is InChI=1S/C26H32N2O2/c1-19(2)27-25(30)26(15-16-28(18-26)24(29)23-9-6-10-23)17-20-11-13-22(14-12-20)21-7-4-3-5-8-21/h3-5,7-8,11-14,19,23H,6,9-10,15-18H2,1-2H3,(H,27,30). The zero-order valence-electron chi connectivity index (χ0n) is 18.1. The second-order valence-corrected chi connectivity index (χ2v) is 9.29. The fraction of sp³-hybridized carbons (Fsp3) is 0.462. The Balaban J connectivity index is 1.53. The lowest BCUT2D eigenvalue weighted by atomic mass is 9.79. The third kappa shape index (κ3) is 4.28. The monoisotopic (exact) mass is 404 g/mol. The van der Waals surface area contributed by atoms with Crippen LogP contribution in [0.3, 0.4) is 0 Å². The van der Waals surface area contributed by atoms with Gasteiger partial charge in [-0.2, -0.15) is 0 Å². The number of carbonyl (C=O) groups excluding carboxylic acids is 2. The summed E-state index contributed by atoms with van der Waals surface area (Å²) in [5.74, 6) is 0.507. The number of nitrogens with one attached hydrogen (secondary N) is 1. The second-order valence-electron chi connectivity index (χ2n) is 9.29. The number of rotatable bonds is 6. The van der Waals surface area contributed by atoms with Crippen molar-refractivity contribution in [3.63, 3.8) is 0 Å². The molecule has 1 aliphatic carbocycles. The van der Waals surface area contributed by atoms with Gasteiger partial charge >= 0.3 is 0 Å². The molecule has 2 aromatic carbocycles. The van der Waals surface area contributed by atoms with Crippen LogP contribution >= 0.6 is 0 Å². The molecule has 0 aromatic heterocycles. The molecule has 1 saturated carbocycles. The average molecular weight is 405 g/mol. The van der Waals surface area contributed by atoms with Crippen LogP contribution < -0.4 is 5.32 Å². The molecule has 4 heteroatoms. The Morgan fingerprint density at radius 2 is 1.70 bits per heavy atom. The topological polar surface area (TPSA) is 49.4 Å². The third-order valence-electron chi connectivity index (χ3n) is 6.62. The largest absolute Gasteiger partial charge is 0.353 e. The maximum absolute atomic E-state index is 13.2. The van der Waals surface area contributed by atoms with E-state index in [0.717, 1.165) is 31.2 Å². The molecular formula is C26H32N2O2. The first-order valence-electron chi connectivity index (χ1n) is 11.2. The SMILES string of the molecule is CC(C)NC(=O)C1(Cc2ccc(-c3ccccc3)cc2)CCN(C(=O)C2CCC2)C1. The number of amides is 2. The van der Waals surface area contributed by atoms with Gasteiger partial charge in [-0.05, 0) is 56.2 Å². The summed E-state index contributed by atoms with van der Waals surface area (Å²) in [6, 6.07) is 18.9. The van der Waals surface area contributed by atoms with E-state index >= 15 is 0 Å². The molecule has 2 amide bonds. The Labute approximate surface area is 179 Å². The van der Waals surface area contributed by atoms with Crippen molar-refractivity contribution in [2.45, 2.75) is 52.0 Å². The Bertz CT molecular complexity index is 887. The zero-order valence-corrected chi connectivity index (χ0v) is 18.1. The van der Waals surface area contributed by atoms with Crippen LogP contribution in [0.1, 0.15) is 45.1 Å². The molecule has 0 bridgehead atoms. The molecule has 1 heterocycles. The van der Waals surface area contributed by atoms with Crippen LogP contribution in [0.2, 0.25) is 0 Å². The summed E-state index contributed by atoms with van der Waals surface area (Å²) >= 11 is 0. The first-order valence-corrected chi connectivity index (χ1v) is 11.2. The van der Waals surface area contributed by atoms with E-state index in [1.54, 1.807) is 0 Å². The van der Waals surface area contributed by atoms with Crippen molar-refractivity contribution in [3.05, 3.63) is 60.2 Å². The van der Waals surface area contributed by atoms with Crippen LogP contribution in [-0.4, -0.2) is 35.8 Å². The minimum absolute atomic E-state index is 0.0774. The number of hydrogen-bond acceptors (Lipinski definition) is 2. The molecule has 2 aliphatic rings. The van der Waals surface area contributed by atoms with Crippen LogP contribution in [0.4, 0.5) is 0 Å². The summed E-state index contributed by atoms with van der Waals surface area (Å²) < 4.78 is 0. The van der Waals surface area contributed by atoms with Gasteiger partial charge in [0.25, 0.3) is 0 Å². The van der Waals surface area contributed by atoms with Crippen molar-refractivity contribution in [2.24, 2.45) is 11.3 Å². The molecule has 1 atom stereocenters. The van der Waals surface area contributed by atoms with Crippen LogP contribution in [0, 0.1) is 11.3 Å². The van der Waals surface area contributed by atoms with Crippen LogP contribution in [-0.2, 0) is 16.0 Å². The minimum Gasteiger partial charge on any atom is -0.353 e. The van der Waals surface area contributed by atoms with Crippen molar-refractivity contribution in [1.82, 2.24) is 10.2 Å². The first-order chi connectivity index (χ1) is 14.5. The predicted molar refractivity (Wildman–Crippen MR) is 120 cm³/mol. The molecule has 2 fully saturated rings. The lowest BCUT2D eigenvalue weighted by molar-refractivity contribution is -0.138. The highest BCUT2D eigenvalue weighted by Crippen LogP contribution is 2.38. The van der Waals surface area contributed by atoms with Gasteiger partial charge in [0.15, 0.2) is 0 Å². The highest BCUT2D eigenvalue weighted by Gasteiger charge is 2.47. The zero-order chi connectivity index (χ0) is 21.1. The van der Waals surface area contributed by atoms with E-state index in [4.69, 9.17) is 0 Å². The van der Waals surface area contributed by atoms with Crippen molar-refractivity contribution in [1.29, 1.82) is 0 Å². The van der Waals surface area contributed by atoms with Gasteiger partial charge in [-0.3, -0.25) is 9.59 Å². The first kappa shape index (κ1) is 20.6. The van der Waals surface area contributed by atoms with Crippen LogP contribution in [0.25, 0.3) is 11.1 Å². The molecule has 158 valence electrons. The summed E-state index contributed by atoms with van der Waals surface area (Å²) in [6.07, 6.45) is 4.54. The van der Waals surface area contributed by atoms with Gasteiger partial charge < -0.3 is 10.2 Å². The molecule has 1 saturated heterocycles. The van der Waals surface area contributed by atoms with E-state index in [1.807, 2.05) is 36.9 Å². The Kier molecular flexibility index (Phi) is 5.94. The highest BCUT2D eigenvalue weighted by molar-refractivity contribution is 5.86. The number of carbonyl (C=O) groups is 2. The fourth-order valence-electron chi connectivity index (χ4n) is 4.64. The van der Waals surface area contributed by atoms with Gasteiger partial charge in [0.2, 0.25) is 11.8 Å². The molecule has 2 aromatic rings. The Morgan fingerprint density at radius 3 is 2.30 bits per heavy atom. The van der Waals surface area contributed by atoms with Gasteiger partial charge in [0.05, 0.1) is 5.41 Å². The highest BCUT2D eigenvalue weighted by atomic mass is 16.2. The fourth-order valence-corrected chi connectivity index (χ4v) is 4.64. The summed E-state index contributed by atoms with van der Waals surface area (Å²) in [4.78, 5) is 28.0. The normalized spacial score (nSPS) is 21.5. The van der Waals surface area contributed by atoms with Gasteiger partial charge in [0.1, 0.15) is 0 Å². The number of hydrogen-bond donors (Lipinski definition) is 1. The van der Waals surface area contributed by atoms with Crippen molar-refractivity contribution in [3.8, 4) is 11.1 Å². The molecule has 4 rings (SSSR count). The molecule has 1 N–H and O–H groups in total. The Morgan fingerprint density at radius 1 is 1.03 bits per heavy atom. The quantitative estimate of drug-likeness (QED) is 0.774. The summed E-state index contributed by atoms with van der Waals surface area (Å²) in [5, 5.41) is 3.12. The second kappa shape index (κ2) is 8.63. The predicted octanol–water partition coefficient (Wildman–Crippen LogP) is 4.44. The smallest absolute Gasteiger partial charge is 0.228 e. The molecule has 1 aliphatic heterocycles. The van der Waals surface area contributed by atoms with E-state index in [1.165, 1.54) is 11.1 Å². The average Bonchev–Trinajstić information content (AvgIpc) is 3.13. The maximum Gasteiger partial charge on any atom is 0.228 e. The van der Waals surface area contributed by atoms with Crippen LogP contribution in [0.15, 0.2) is 54.6 Å². The Hall–Kier alpha value is -2.62. The van der Waals surface area contributed by atoms with Gasteiger partial charge in [-0.15, -0.1) is 0 Å². The van der Waals surface area contributed by atoms with E-state index in [9.17, 15) is 9.59 Å². The van der Waals surface area contributed by atoms with E-state index in [2.05, 4.69) is 41.7 Å². The van der Waals surface area contributed by atoms with E-state index in [-0.39, 0.29) is 23.8 Å².